The predicted octanol–water partition coefficient (Wildman–Crippen LogP) is 7.72. The summed E-state index contributed by atoms with van der Waals surface area (Å²) >= 11 is 0. The Bertz CT molecular complexity index is 1500. The van der Waals surface area contributed by atoms with E-state index in [1.807, 2.05) is 39.6 Å². The second-order valence-electron chi connectivity index (χ2n) is 12.7. The molecule has 41 heavy (non-hydrogen) atoms. The largest absolute Gasteiger partial charge is 0.450 e. The molecule has 0 unspecified atom stereocenters. The van der Waals surface area contributed by atoms with Crippen molar-refractivity contribution in [3.8, 4) is 11.5 Å². The van der Waals surface area contributed by atoms with Crippen molar-refractivity contribution in [1.82, 2.24) is 4.90 Å². The summed E-state index contributed by atoms with van der Waals surface area (Å²) in [4.78, 5) is 40.0. The molecular weight excluding hydrogens is 537 g/mol. The highest BCUT2D eigenvalue weighted by Crippen LogP contribution is 2.54. The lowest BCUT2D eigenvalue weighted by molar-refractivity contribution is -0.385. The van der Waals surface area contributed by atoms with Crippen LogP contribution >= 0.6 is 0 Å². The highest BCUT2D eigenvalue weighted by molar-refractivity contribution is 6.06. The summed E-state index contributed by atoms with van der Waals surface area (Å²) in [6.45, 7) is 8.18. The van der Waals surface area contributed by atoms with Crippen LogP contribution in [0.5, 0.6) is 11.5 Å². The lowest BCUT2D eigenvalue weighted by Gasteiger charge is -2.47. The maximum atomic E-state index is 13.7. The summed E-state index contributed by atoms with van der Waals surface area (Å²) in [5.41, 5.74) is 0.997. The number of nitrogens with zero attached hydrogens (tertiary/aromatic N) is 2. The molecule has 2 aromatic rings. The van der Waals surface area contributed by atoms with Gasteiger partial charge in [-0.15, -0.1) is 0 Å². The van der Waals surface area contributed by atoms with Gasteiger partial charge in [0.15, 0.2) is 11.6 Å². The van der Waals surface area contributed by atoms with Crippen LogP contribution in [-0.2, 0) is 15.8 Å². The molecule has 1 aliphatic heterocycles. The molecule has 0 saturated carbocycles. The molecular formula is C31H31F3N2O5. The van der Waals surface area contributed by atoms with Crippen LogP contribution < -0.4 is 4.74 Å². The number of hydrogen-bond donors (Lipinski definition) is 0. The lowest BCUT2D eigenvalue weighted by atomic mass is 9.64. The van der Waals surface area contributed by atoms with Gasteiger partial charge in [-0.25, -0.2) is 0 Å². The van der Waals surface area contributed by atoms with Crippen LogP contribution in [0.15, 0.2) is 65.0 Å². The average Bonchev–Trinajstić information content (AvgIpc) is 2.83. The highest BCUT2D eigenvalue weighted by Gasteiger charge is 2.48. The Kier molecular flexibility index (Phi) is 6.67. The van der Waals surface area contributed by atoms with E-state index in [0.717, 1.165) is 23.5 Å². The number of rotatable bonds is 4. The smallest absolute Gasteiger partial charge is 0.416 e. The zero-order valence-corrected chi connectivity index (χ0v) is 23.5. The van der Waals surface area contributed by atoms with Gasteiger partial charge in [0.25, 0.3) is 0 Å². The molecule has 0 aromatic heterocycles. The highest BCUT2D eigenvalue weighted by atomic mass is 19.4. The van der Waals surface area contributed by atoms with Gasteiger partial charge in [-0.1, -0.05) is 39.8 Å². The first-order chi connectivity index (χ1) is 19.0. The summed E-state index contributed by atoms with van der Waals surface area (Å²) in [7, 11) is 1.91. The van der Waals surface area contributed by atoms with Gasteiger partial charge in [0.05, 0.1) is 10.5 Å². The number of carbonyl (C=O) groups is 2. The number of Topliss-reactive ketones (excluding diaryl/α,β-unsaturated/α-hetero) is 2. The normalized spacial score (nSPS) is 20.6. The fraction of sp³-hybridized carbons (Fsp3) is 0.419. The number of nitro groups is 1. The van der Waals surface area contributed by atoms with E-state index in [1.165, 1.54) is 6.07 Å². The monoisotopic (exact) mass is 568 g/mol. The van der Waals surface area contributed by atoms with E-state index in [4.69, 9.17) is 4.74 Å². The van der Waals surface area contributed by atoms with Crippen molar-refractivity contribution in [3.05, 3.63) is 86.2 Å². The van der Waals surface area contributed by atoms with E-state index in [1.54, 1.807) is 18.2 Å². The number of ether oxygens (including phenoxy) is 1. The van der Waals surface area contributed by atoms with E-state index in [-0.39, 0.29) is 33.9 Å². The minimum Gasteiger partial charge on any atom is -0.450 e. The van der Waals surface area contributed by atoms with Gasteiger partial charge in [-0.05, 0) is 53.5 Å². The van der Waals surface area contributed by atoms with Crippen LogP contribution in [0.25, 0.3) is 0 Å². The summed E-state index contributed by atoms with van der Waals surface area (Å²) in [6, 6.07) is 8.64. The molecule has 216 valence electrons. The Morgan fingerprint density at radius 1 is 0.902 bits per heavy atom. The summed E-state index contributed by atoms with van der Waals surface area (Å²) < 4.78 is 45.3. The van der Waals surface area contributed by atoms with E-state index in [0.29, 0.717) is 48.5 Å². The summed E-state index contributed by atoms with van der Waals surface area (Å²) in [5.74, 6) is -0.936. The van der Waals surface area contributed by atoms with Gasteiger partial charge in [0, 0.05) is 54.4 Å². The van der Waals surface area contributed by atoms with Crippen LogP contribution in [-0.4, -0.2) is 28.4 Å². The Morgan fingerprint density at radius 2 is 1.46 bits per heavy atom. The molecule has 10 heteroatoms. The average molecular weight is 569 g/mol. The molecule has 0 spiro atoms. The number of hydrogen-bond acceptors (Lipinski definition) is 6. The van der Waals surface area contributed by atoms with Gasteiger partial charge < -0.3 is 9.64 Å². The van der Waals surface area contributed by atoms with Crippen molar-refractivity contribution in [1.29, 1.82) is 0 Å². The molecule has 2 aromatic carbocycles. The first-order valence-electron chi connectivity index (χ1n) is 13.4. The molecule has 0 amide bonds. The van der Waals surface area contributed by atoms with Crippen molar-refractivity contribution in [2.24, 2.45) is 10.8 Å². The van der Waals surface area contributed by atoms with Crippen LogP contribution in [0.1, 0.15) is 70.4 Å². The van der Waals surface area contributed by atoms with Crippen LogP contribution in [0.3, 0.4) is 0 Å². The van der Waals surface area contributed by atoms with E-state index in [2.05, 4.69) is 0 Å². The molecule has 1 heterocycles. The van der Waals surface area contributed by atoms with Crippen LogP contribution in [0.2, 0.25) is 0 Å². The van der Waals surface area contributed by atoms with Crippen molar-refractivity contribution in [2.75, 3.05) is 7.05 Å². The third kappa shape index (κ3) is 5.27. The maximum Gasteiger partial charge on any atom is 0.416 e. The molecule has 3 aliphatic rings. The fourth-order valence-electron chi connectivity index (χ4n) is 6.31. The summed E-state index contributed by atoms with van der Waals surface area (Å²) in [6.07, 6.45) is -2.80. The number of benzene rings is 2. The molecule has 0 atom stereocenters. The second-order valence-corrected chi connectivity index (χ2v) is 12.7. The van der Waals surface area contributed by atoms with E-state index >= 15 is 0 Å². The maximum absolute atomic E-state index is 13.7. The van der Waals surface area contributed by atoms with Crippen LogP contribution in [0, 0.1) is 20.9 Å². The number of allylic oxidation sites excluding steroid dienone is 4. The van der Waals surface area contributed by atoms with Gasteiger partial charge in [0.1, 0.15) is 5.75 Å². The van der Waals surface area contributed by atoms with Crippen molar-refractivity contribution in [3.63, 3.8) is 0 Å². The predicted molar refractivity (Wildman–Crippen MR) is 145 cm³/mol. The first kappa shape index (κ1) is 28.6. The molecule has 0 fully saturated rings. The third-order valence-electron chi connectivity index (χ3n) is 8.08. The Balaban J connectivity index is 1.62. The van der Waals surface area contributed by atoms with Gasteiger partial charge in [-0.3, -0.25) is 19.7 Å². The van der Waals surface area contributed by atoms with Gasteiger partial charge in [0.2, 0.25) is 5.75 Å². The number of nitro benzene ring substituents is 1. The standard InChI is InChI=1S/C31H31F3N2O5/c1-29(2)13-21-27(23(37)15-29)26(28-22(35(21)5)14-30(3,4)16-24(28)38)17-7-6-8-19(11-17)41-25-10-9-18(31(32,33)34)12-20(25)36(39)40/h6-12,26H,13-16H2,1-5H3. The van der Waals surface area contributed by atoms with Crippen molar-refractivity contribution < 1.29 is 32.4 Å². The SMILES string of the molecule is CN1C2=C(C(=O)CC(C)(C)C2)C(c2cccc(Oc3ccc(C(F)(F)F)cc3[N+](=O)[O-])c2)C2=C1CC(C)(C)CC2=O. The molecule has 5 rings (SSSR count). The topological polar surface area (TPSA) is 89.8 Å². The van der Waals surface area contributed by atoms with Crippen molar-refractivity contribution >= 4 is 17.3 Å². The second kappa shape index (κ2) is 9.56. The van der Waals surface area contributed by atoms with Gasteiger partial charge in [-0.2, -0.15) is 13.2 Å². The molecule has 0 radical (unpaired) electrons. The number of alkyl halides is 3. The molecule has 7 nitrogen and oxygen atoms in total. The number of carbonyl (C=O) groups excluding carboxylic acids is 2. The minimum absolute atomic E-state index is 0.0398. The van der Waals surface area contributed by atoms with E-state index in [9.17, 15) is 32.9 Å². The van der Waals surface area contributed by atoms with E-state index < -0.39 is 28.3 Å². The first-order valence-corrected chi connectivity index (χ1v) is 13.4. The molecule has 0 bridgehead atoms. The van der Waals surface area contributed by atoms with Crippen LogP contribution in [0.4, 0.5) is 18.9 Å². The van der Waals surface area contributed by atoms with Crippen molar-refractivity contribution in [2.45, 2.75) is 65.5 Å². The van der Waals surface area contributed by atoms with Gasteiger partial charge >= 0.3 is 11.9 Å². The number of halogens is 3. The molecule has 0 saturated heterocycles. The zero-order valence-electron chi connectivity index (χ0n) is 23.5. The molecule has 2 aliphatic carbocycles. The lowest BCUT2D eigenvalue weighted by Crippen LogP contribution is -2.43. The Labute approximate surface area is 235 Å². The Hall–Kier alpha value is -3.95. The Morgan fingerprint density at radius 3 is 1.98 bits per heavy atom. The minimum atomic E-state index is -4.75. The summed E-state index contributed by atoms with van der Waals surface area (Å²) in [5, 5.41) is 11.6. The molecule has 0 N–H and O–H groups in total. The third-order valence-corrected chi connectivity index (χ3v) is 8.08. The number of ketones is 2. The zero-order chi connectivity index (χ0) is 30.1. The fourth-order valence-corrected chi connectivity index (χ4v) is 6.31. The quantitative estimate of drug-likeness (QED) is 0.277.